The highest BCUT2D eigenvalue weighted by Crippen LogP contribution is 2.43. The van der Waals surface area contributed by atoms with Gasteiger partial charge in [0.15, 0.2) is 5.82 Å². The summed E-state index contributed by atoms with van der Waals surface area (Å²) < 4.78 is 28.3. The van der Waals surface area contributed by atoms with Crippen LogP contribution >= 0.6 is 0 Å². The molecule has 9 heteroatoms. The molecule has 36 heavy (non-hydrogen) atoms. The molecule has 1 saturated carbocycles. The Morgan fingerprint density at radius 3 is 2.56 bits per heavy atom. The van der Waals surface area contributed by atoms with E-state index in [4.69, 9.17) is 9.97 Å². The lowest BCUT2D eigenvalue weighted by atomic mass is 10.0. The maximum atomic E-state index is 14.2. The van der Waals surface area contributed by atoms with E-state index >= 15 is 0 Å². The molecule has 1 aromatic carbocycles. The molecule has 4 heterocycles. The zero-order chi connectivity index (χ0) is 24.5. The molecule has 6 rings (SSSR count). The lowest BCUT2D eigenvalue weighted by Gasteiger charge is -2.24. The van der Waals surface area contributed by atoms with Gasteiger partial charge in [0, 0.05) is 35.9 Å². The normalized spacial score (nSPS) is 16.4. The molecule has 0 unspecified atom stereocenters. The summed E-state index contributed by atoms with van der Waals surface area (Å²) in [6.45, 7) is 2.66. The number of nitrogens with zero attached hydrogens (tertiary/aromatic N) is 4. The average Bonchev–Trinajstić information content (AvgIpc) is 3.75. The summed E-state index contributed by atoms with van der Waals surface area (Å²) in [5.41, 5.74) is 3.42. The monoisotopic (exact) mass is 487 g/mol. The van der Waals surface area contributed by atoms with E-state index in [2.05, 4.69) is 25.9 Å². The number of hydrogen-bond acceptors (Lipinski definition) is 7. The number of benzene rings is 1. The predicted octanol–water partition coefficient (Wildman–Crippen LogP) is 4.83. The minimum atomic E-state index is -0.686. The van der Waals surface area contributed by atoms with Gasteiger partial charge in [-0.25, -0.2) is 23.7 Å². The first-order chi connectivity index (χ1) is 17.7. The van der Waals surface area contributed by atoms with Gasteiger partial charge in [-0.1, -0.05) is 6.07 Å². The highest BCUT2D eigenvalue weighted by Gasteiger charge is 2.28. The van der Waals surface area contributed by atoms with Crippen molar-refractivity contribution in [3.63, 3.8) is 0 Å². The Morgan fingerprint density at radius 2 is 1.78 bits per heavy atom. The maximum absolute atomic E-state index is 14.2. The van der Waals surface area contributed by atoms with Crippen LogP contribution in [0.5, 0.6) is 0 Å². The summed E-state index contributed by atoms with van der Waals surface area (Å²) in [5.74, 6) is -0.0258. The molecule has 2 aliphatic rings. The van der Waals surface area contributed by atoms with Crippen LogP contribution in [0.4, 0.5) is 20.3 Å². The van der Waals surface area contributed by atoms with Crippen LogP contribution in [0.1, 0.15) is 42.9 Å². The first-order valence-electron chi connectivity index (χ1n) is 12.4. The average molecular weight is 488 g/mol. The second-order valence-corrected chi connectivity index (χ2v) is 9.45. The molecule has 7 nitrogen and oxygen atoms in total. The summed E-state index contributed by atoms with van der Waals surface area (Å²) in [7, 11) is 0. The van der Waals surface area contributed by atoms with E-state index < -0.39 is 11.6 Å². The minimum absolute atomic E-state index is 0.244. The summed E-state index contributed by atoms with van der Waals surface area (Å²) in [6.07, 6.45) is 9.81. The fourth-order valence-electron chi connectivity index (χ4n) is 4.80. The number of para-hydroxylation sites is 1. The van der Waals surface area contributed by atoms with Crippen molar-refractivity contribution in [3.8, 4) is 11.4 Å². The van der Waals surface area contributed by atoms with Gasteiger partial charge >= 0.3 is 0 Å². The van der Waals surface area contributed by atoms with Crippen molar-refractivity contribution in [2.45, 2.75) is 44.2 Å². The van der Waals surface area contributed by atoms with Crippen LogP contribution in [0.3, 0.4) is 0 Å². The molecule has 3 N–H and O–H groups in total. The quantitative estimate of drug-likeness (QED) is 0.344. The van der Waals surface area contributed by atoms with Gasteiger partial charge in [-0.3, -0.25) is 4.98 Å². The van der Waals surface area contributed by atoms with Crippen LogP contribution in [0.25, 0.3) is 22.3 Å². The van der Waals surface area contributed by atoms with Crippen LogP contribution in [0.2, 0.25) is 0 Å². The number of fused-ring (bicyclic) bond motifs is 1. The smallest absolute Gasteiger partial charge is 0.160 e. The van der Waals surface area contributed by atoms with Crippen molar-refractivity contribution >= 4 is 22.4 Å². The van der Waals surface area contributed by atoms with Gasteiger partial charge in [0.2, 0.25) is 0 Å². The molecule has 0 amide bonds. The molecule has 1 aliphatic carbocycles. The number of pyridine rings is 2. The van der Waals surface area contributed by atoms with Gasteiger partial charge in [0.05, 0.1) is 17.4 Å². The summed E-state index contributed by atoms with van der Waals surface area (Å²) >= 11 is 0. The molecule has 0 bridgehead atoms. The van der Waals surface area contributed by atoms with Gasteiger partial charge in [0.1, 0.15) is 23.1 Å². The highest BCUT2D eigenvalue weighted by atomic mass is 19.1. The molecule has 0 radical (unpaired) electrons. The number of piperidine rings is 1. The molecular formula is C27H27F2N7. The van der Waals surface area contributed by atoms with E-state index in [1.54, 1.807) is 24.5 Å². The van der Waals surface area contributed by atoms with Gasteiger partial charge in [-0.15, -0.1) is 0 Å². The SMILES string of the molecule is Fc1cccc(F)c1Nc1cc(-c2nc(CNC3CCNCC3)c3c(C4CC4)cncc3n2)ccn1. The number of nitrogens with one attached hydrogen (secondary N) is 3. The number of aromatic nitrogens is 4. The predicted molar refractivity (Wildman–Crippen MR) is 135 cm³/mol. The van der Waals surface area contributed by atoms with E-state index in [1.807, 2.05) is 6.20 Å². The number of anilines is 2. The molecule has 184 valence electrons. The van der Waals surface area contributed by atoms with Crippen molar-refractivity contribution in [1.82, 2.24) is 30.6 Å². The maximum Gasteiger partial charge on any atom is 0.160 e. The van der Waals surface area contributed by atoms with Crippen molar-refractivity contribution < 1.29 is 8.78 Å². The van der Waals surface area contributed by atoms with E-state index in [9.17, 15) is 8.78 Å². The second kappa shape index (κ2) is 9.83. The van der Waals surface area contributed by atoms with Gasteiger partial charge < -0.3 is 16.0 Å². The summed E-state index contributed by atoms with van der Waals surface area (Å²) in [6, 6.07) is 7.67. The molecule has 4 aromatic rings. The largest absolute Gasteiger partial charge is 0.335 e. The summed E-state index contributed by atoms with van der Waals surface area (Å²) in [4.78, 5) is 18.5. The number of halogens is 2. The van der Waals surface area contributed by atoms with Crippen molar-refractivity contribution in [2.75, 3.05) is 18.4 Å². The second-order valence-electron chi connectivity index (χ2n) is 9.45. The fourth-order valence-corrected chi connectivity index (χ4v) is 4.80. The summed E-state index contributed by atoms with van der Waals surface area (Å²) in [5, 5.41) is 10.9. The highest BCUT2D eigenvalue weighted by molar-refractivity contribution is 5.86. The van der Waals surface area contributed by atoms with Crippen LogP contribution in [0, 0.1) is 11.6 Å². The van der Waals surface area contributed by atoms with E-state index in [0.29, 0.717) is 35.7 Å². The lowest BCUT2D eigenvalue weighted by molar-refractivity contribution is 0.385. The molecule has 0 spiro atoms. The third-order valence-corrected chi connectivity index (χ3v) is 6.86. The minimum Gasteiger partial charge on any atom is -0.335 e. The molecule has 1 saturated heterocycles. The van der Waals surface area contributed by atoms with Gasteiger partial charge in [0.25, 0.3) is 0 Å². The Morgan fingerprint density at radius 1 is 0.972 bits per heavy atom. The zero-order valence-electron chi connectivity index (χ0n) is 19.8. The van der Waals surface area contributed by atoms with Gasteiger partial charge in [-0.05, 0) is 74.5 Å². The van der Waals surface area contributed by atoms with Crippen molar-refractivity contribution in [2.24, 2.45) is 0 Å². The van der Waals surface area contributed by atoms with E-state index in [-0.39, 0.29) is 5.69 Å². The van der Waals surface area contributed by atoms with E-state index in [0.717, 1.165) is 55.4 Å². The Bertz CT molecular complexity index is 1380. The Balaban J connectivity index is 1.37. The number of hydrogen-bond donors (Lipinski definition) is 3. The van der Waals surface area contributed by atoms with Crippen LogP contribution in [-0.2, 0) is 6.54 Å². The van der Waals surface area contributed by atoms with Crippen LogP contribution in [-0.4, -0.2) is 39.1 Å². The zero-order valence-corrected chi connectivity index (χ0v) is 19.8. The molecule has 1 aliphatic heterocycles. The number of rotatable bonds is 7. The van der Waals surface area contributed by atoms with Gasteiger partial charge in [-0.2, -0.15) is 0 Å². The molecule has 2 fully saturated rings. The molecule has 3 aromatic heterocycles. The molecular weight excluding hydrogens is 460 g/mol. The lowest BCUT2D eigenvalue weighted by Crippen LogP contribution is -2.39. The molecule has 0 atom stereocenters. The van der Waals surface area contributed by atoms with Crippen LogP contribution in [0.15, 0.2) is 48.9 Å². The third-order valence-electron chi connectivity index (χ3n) is 6.86. The van der Waals surface area contributed by atoms with E-state index in [1.165, 1.54) is 23.8 Å². The van der Waals surface area contributed by atoms with Crippen molar-refractivity contribution in [3.05, 3.63) is 71.8 Å². The standard InChI is InChI=1S/C27H27F2N7/c28-20-2-1-3-21(29)26(20)36-24-12-17(6-11-32-24)27-34-22-14-31-13-19(16-4-5-16)25(22)23(35-27)15-33-18-7-9-30-10-8-18/h1-3,6,11-14,16,18,30,33H,4-5,7-10,15H2,(H,32,36). The third kappa shape index (κ3) is 4.76. The van der Waals surface area contributed by atoms with Crippen LogP contribution < -0.4 is 16.0 Å². The topological polar surface area (TPSA) is 87.7 Å². The Kier molecular flexibility index (Phi) is 6.25. The Hall–Kier alpha value is -3.56. The first-order valence-corrected chi connectivity index (χ1v) is 12.4. The first kappa shape index (κ1) is 22.9. The Labute approximate surface area is 207 Å². The fraction of sp³-hybridized carbons (Fsp3) is 0.333. The van der Waals surface area contributed by atoms with Crippen molar-refractivity contribution in [1.29, 1.82) is 0 Å².